The molecule has 7 heteroatoms. The third-order valence-corrected chi connectivity index (χ3v) is 9.91. The number of rotatable bonds is 7. The van der Waals surface area contributed by atoms with Gasteiger partial charge < -0.3 is 10.2 Å². The molecule has 2 amide bonds. The van der Waals surface area contributed by atoms with Gasteiger partial charge in [-0.15, -0.1) is 0 Å². The minimum absolute atomic E-state index is 0.0260. The largest absolute Gasteiger partial charge is 0.351 e. The van der Waals surface area contributed by atoms with E-state index in [1.807, 2.05) is 0 Å². The molecule has 39 heavy (non-hydrogen) atoms. The standard InChI is InChI=1S/C32H49ClFN3O2/c1-21(38)35-32(5,6)18-26(22-9-7-8-10-22)23-13-15-36(16-14-23)30(39)28-20-37(31(2,3)4)19-27(28)25-12-11-24(33)17-29(25)34/h11-12,17,22-23,26-28H,7-10,13-16,18-20H2,1-6H3,(H,35,38)/t26?,27-,28+/m1/s1. The van der Waals surface area contributed by atoms with Crippen molar-refractivity contribution in [3.05, 3.63) is 34.6 Å². The molecule has 3 fully saturated rings. The highest BCUT2D eigenvalue weighted by atomic mass is 35.5. The summed E-state index contributed by atoms with van der Waals surface area (Å²) < 4.78 is 15.1. The molecule has 0 spiro atoms. The van der Waals surface area contributed by atoms with Gasteiger partial charge in [0.05, 0.1) is 5.92 Å². The second kappa shape index (κ2) is 12.1. The van der Waals surface area contributed by atoms with Gasteiger partial charge in [0.1, 0.15) is 5.82 Å². The van der Waals surface area contributed by atoms with Crippen LogP contribution in [0.1, 0.15) is 98.0 Å². The summed E-state index contributed by atoms with van der Waals surface area (Å²) in [5, 5.41) is 3.55. The lowest BCUT2D eigenvalue weighted by Gasteiger charge is -2.42. The first kappa shape index (κ1) is 30.3. The van der Waals surface area contributed by atoms with Gasteiger partial charge in [0, 0.05) is 55.1 Å². The van der Waals surface area contributed by atoms with E-state index in [9.17, 15) is 9.59 Å². The number of halogens is 2. The lowest BCUT2D eigenvalue weighted by Crippen LogP contribution is -2.48. The van der Waals surface area contributed by atoms with Crippen LogP contribution in [0.3, 0.4) is 0 Å². The summed E-state index contributed by atoms with van der Waals surface area (Å²) in [7, 11) is 0. The number of likely N-dealkylation sites (tertiary alicyclic amines) is 2. The molecule has 1 unspecified atom stereocenters. The van der Waals surface area contributed by atoms with Gasteiger partial charge in [-0.2, -0.15) is 0 Å². The third kappa shape index (κ3) is 7.35. The fraction of sp³-hybridized carbons (Fsp3) is 0.750. The van der Waals surface area contributed by atoms with Gasteiger partial charge in [0.15, 0.2) is 0 Å². The van der Waals surface area contributed by atoms with Gasteiger partial charge in [-0.25, -0.2) is 4.39 Å². The quantitative estimate of drug-likeness (QED) is 0.406. The van der Waals surface area contributed by atoms with Crippen LogP contribution >= 0.6 is 11.6 Å². The zero-order valence-electron chi connectivity index (χ0n) is 24.9. The molecule has 5 nitrogen and oxygen atoms in total. The highest BCUT2D eigenvalue weighted by molar-refractivity contribution is 6.30. The molecule has 3 atom stereocenters. The van der Waals surface area contributed by atoms with Crippen LogP contribution in [0.5, 0.6) is 0 Å². The van der Waals surface area contributed by atoms with E-state index < -0.39 is 0 Å². The maximum absolute atomic E-state index is 15.1. The summed E-state index contributed by atoms with van der Waals surface area (Å²) in [6.07, 6.45) is 8.13. The van der Waals surface area contributed by atoms with Crippen LogP contribution in [0.25, 0.3) is 0 Å². The summed E-state index contributed by atoms with van der Waals surface area (Å²) >= 11 is 6.05. The van der Waals surface area contributed by atoms with E-state index in [0.717, 1.165) is 32.4 Å². The van der Waals surface area contributed by atoms with Crippen LogP contribution < -0.4 is 5.32 Å². The van der Waals surface area contributed by atoms with Crippen molar-refractivity contribution in [3.8, 4) is 0 Å². The van der Waals surface area contributed by atoms with Crippen molar-refractivity contribution in [2.75, 3.05) is 26.2 Å². The number of amides is 2. The van der Waals surface area contributed by atoms with E-state index >= 15 is 4.39 Å². The second-order valence-corrected chi connectivity index (χ2v) is 14.5. The molecular formula is C32H49ClFN3O2. The van der Waals surface area contributed by atoms with Crippen LogP contribution in [0.2, 0.25) is 5.02 Å². The fourth-order valence-corrected chi connectivity index (χ4v) is 7.88. The van der Waals surface area contributed by atoms with Crippen molar-refractivity contribution in [1.82, 2.24) is 15.1 Å². The second-order valence-electron chi connectivity index (χ2n) is 14.1. The Morgan fingerprint density at radius 1 is 1.03 bits per heavy atom. The Balaban J connectivity index is 1.47. The molecule has 2 aliphatic heterocycles. The van der Waals surface area contributed by atoms with Crippen molar-refractivity contribution in [1.29, 1.82) is 0 Å². The molecule has 1 saturated carbocycles. The monoisotopic (exact) mass is 561 g/mol. The van der Waals surface area contributed by atoms with Crippen molar-refractivity contribution < 1.29 is 14.0 Å². The number of hydrogen-bond donors (Lipinski definition) is 1. The predicted molar refractivity (Wildman–Crippen MR) is 156 cm³/mol. The van der Waals surface area contributed by atoms with Gasteiger partial charge in [0.25, 0.3) is 0 Å². The van der Waals surface area contributed by atoms with Gasteiger partial charge in [0.2, 0.25) is 11.8 Å². The molecule has 2 saturated heterocycles. The maximum Gasteiger partial charge on any atom is 0.227 e. The summed E-state index contributed by atoms with van der Waals surface area (Å²) in [4.78, 5) is 30.2. The predicted octanol–water partition coefficient (Wildman–Crippen LogP) is 6.64. The van der Waals surface area contributed by atoms with E-state index in [-0.39, 0.29) is 40.5 Å². The van der Waals surface area contributed by atoms with Crippen LogP contribution in [-0.2, 0) is 9.59 Å². The molecule has 1 aromatic carbocycles. The van der Waals surface area contributed by atoms with Gasteiger partial charge in [-0.1, -0.05) is 43.4 Å². The fourth-order valence-electron chi connectivity index (χ4n) is 7.72. The number of carbonyl (C=O) groups excluding carboxylic acids is 2. The molecule has 3 aliphatic rings. The van der Waals surface area contributed by atoms with E-state index in [4.69, 9.17) is 11.6 Å². The first-order valence-corrected chi connectivity index (χ1v) is 15.4. The highest BCUT2D eigenvalue weighted by Crippen LogP contribution is 2.44. The lowest BCUT2D eigenvalue weighted by molar-refractivity contribution is -0.137. The van der Waals surface area contributed by atoms with E-state index in [2.05, 4.69) is 49.7 Å². The zero-order valence-corrected chi connectivity index (χ0v) is 25.6. The van der Waals surface area contributed by atoms with Crippen molar-refractivity contribution in [3.63, 3.8) is 0 Å². The maximum atomic E-state index is 15.1. The minimum atomic E-state index is -0.319. The van der Waals surface area contributed by atoms with Gasteiger partial charge >= 0.3 is 0 Å². The van der Waals surface area contributed by atoms with Crippen LogP contribution in [-0.4, -0.2) is 58.9 Å². The number of carbonyl (C=O) groups is 2. The van der Waals surface area contributed by atoms with Crippen LogP contribution in [0.15, 0.2) is 18.2 Å². The van der Waals surface area contributed by atoms with Crippen molar-refractivity contribution >= 4 is 23.4 Å². The minimum Gasteiger partial charge on any atom is -0.351 e. The SMILES string of the molecule is CC(=O)NC(C)(C)CC(C1CCCC1)C1CCN(C(=O)[C@H]2CN(C(C)(C)C)C[C@@H]2c2ccc(Cl)cc2F)CC1. The molecule has 0 bridgehead atoms. The Hall–Kier alpha value is -1.66. The topological polar surface area (TPSA) is 52.7 Å². The first-order chi connectivity index (χ1) is 18.2. The van der Waals surface area contributed by atoms with Crippen molar-refractivity contribution in [2.45, 2.75) is 103 Å². The van der Waals surface area contributed by atoms with E-state index in [1.54, 1.807) is 19.1 Å². The van der Waals surface area contributed by atoms with Gasteiger partial charge in [-0.3, -0.25) is 14.5 Å². The van der Waals surface area contributed by atoms with E-state index in [0.29, 0.717) is 41.4 Å². The van der Waals surface area contributed by atoms with E-state index in [1.165, 1.54) is 31.7 Å². The molecule has 1 aromatic rings. The first-order valence-electron chi connectivity index (χ1n) is 15.0. The smallest absolute Gasteiger partial charge is 0.227 e. The van der Waals surface area contributed by atoms with Crippen LogP contribution in [0.4, 0.5) is 4.39 Å². The molecular weight excluding hydrogens is 513 g/mol. The number of piperidine rings is 1. The summed E-state index contributed by atoms with van der Waals surface area (Å²) in [5.74, 6) is 1.25. The molecule has 218 valence electrons. The third-order valence-electron chi connectivity index (χ3n) is 9.67. The Morgan fingerprint density at radius 2 is 1.64 bits per heavy atom. The van der Waals surface area contributed by atoms with Crippen molar-refractivity contribution in [2.24, 2.45) is 23.7 Å². The number of nitrogens with one attached hydrogen (secondary N) is 1. The van der Waals surface area contributed by atoms with Crippen LogP contribution in [0, 0.1) is 29.5 Å². The molecule has 0 radical (unpaired) electrons. The molecule has 1 aliphatic carbocycles. The van der Waals surface area contributed by atoms with Gasteiger partial charge in [-0.05, 0) is 89.3 Å². The Morgan fingerprint density at radius 3 is 2.21 bits per heavy atom. The average molecular weight is 562 g/mol. The number of nitrogens with zero attached hydrogens (tertiary/aromatic N) is 2. The Kier molecular flexibility index (Phi) is 9.37. The zero-order chi connectivity index (χ0) is 28.5. The lowest BCUT2D eigenvalue weighted by atomic mass is 9.70. The summed E-state index contributed by atoms with van der Waals surface area (Å²) in [5.41, 5.74) is 0.265. The molecule has 1 N–H and O–H groups in total. The normalized spacial score (nSPS) is 24.8. The highest BCUT2D eigenvalue weighted by Gasteiger charge is 2.45. The molecule has 4 rings (SSSR count). The Bertz CT molecular complexity index is 1020. The number of hydrogen-bond acceptors (Lipinski definition) is 3. The average Bonchev–Trinajstić information content (AvgIpc) is 3.52. The number of benzene rings is 1. The molecule has 2 heterocycles. The Labute approximate surface area is 240 Å². The summed E-state index contributed by atoms with van der Waals surface area (Å²) in [6, 6.07) is 4.87. The molecule has 0 aromatic heterocycles. The summed E-state index contributed by atoms with van der Waals surface area (Å²) in [6.45, 7) is 15.2.